The van der Waals surface area contributed by atoms with Gasteiger partial charge in [0.05, 0.1) is 6.54 Å². The minimum absolute atomic E-state index is 0.154. The van der Waals surface area contributed by atoms with Gasteiger partial charge in [-0.2, -0.15) is 0 Å². The van der Waals surface area contributed by atoms with Gasteiger partial charge in [0.2, 0.25) is 0 Å². The number of ether oxygens (including phenoxy) is 1. The summed E-state index contributed by atoms with van der Waals surface area (Å²) >= 11 is 0. The van der Waals surface area contributed by atoms with Crippen molar-refractivity contribution in [1.82, 2.24) is 4.98 Å². The summed E-state index contributed by atoms with van der Waals surface area (Å²) in [6.07, 6.45) is -0.154. The molecule has 3 nitrogen and oxygen atoms in total. The molecule has 0 aliphatic rings. The summed E-state index contributed by atoms with van der Waals surface area (Å²) < 4.78 is 18.9. The van der Waals surface area contributed by atoms with Gasteiger partial charge in [0.15, 0.2) is 11.6 Å². The molecule has 100 valence electrons. The molecule has 0 saturated heterocycles. The van der Waals surface area contributed by atoms with Crippen LogP contribution < -0.4 is 10.1 Å². The molecule has 0 bridgehead atoms. The van der Waals surface area contributed by atoms with Gasteiger partial charge in [-0.1, -0.05) is 18.2 Å². The zero-order valence-corrected chi connectivity index (χ0v) is 11.1. The van der Waals surface area contributed by atoms with E-state index in [1.54, 1.807) is 18.2 Å². The summed E-state index contributed by atoms with van der Waals surface area (Å²) in [4.78, 5) is 4.33. The van der Waals surface area contributed by atoms with Gasteiger partial charge in [0.25, 0.3) is 0 Å². The second kappa shape index (κ2) is 6.18. The van der Waals surface area contributed by atoms with Gasteiger partial charge < -0.3 is 10.1 Å². The summed E-state index contributed by atoms with van der Waals surface area (Å²) in [5, 5.41) is 3.17. The van der Waals surface area contributed by atoms with Crippen molar-refractivity contribution in [2.24, 2.45) is 0 Å². The second-order valence-electron chi connectivity index (χ2n) is 4.40. The maximum absolute atomic E-state index is 13.4. The Hall–Kier alpha value is -2.10. The van der Waals surface area contributed by atoms with E-state index in [-0.39, 0.29) is 17.7 Å². The van der Waals surface area contributed by atoms with Crippen molar-refractivity contribution in [3.05, 3.63) is 54.0 Å². The highest BCUT2D eigenvalue weighted by atomic mass is 19.1. The van der Waals surface area contributed by atoms with Crippen molar-refractivity contribution in [2.45, 2.75) is 20.0 Å². The van der Waals surface area contributed by atoms with Crippen LogP contribution in [-0.2, 0) is 0 Å². The van der Waals surface area contributed by atoms with E-state index in [2.05, 4.69) is 10.3 Å². The molecule has 1 aromatic carbocycles. The van der Waals surface area contributed by atoms with Crippen LogP contribution >= 0.6 is 0 Å². The average molecular weight is 260 g/mol. The minimum atomic E-state index is -0.344. The van der Waals surface area contributed by atoms with Gasteiger partial charge in [-0.15, -0.1) is 0 Å². The van der Waals surface area contributed by atoms with Crippen LogP contribution in [0.5, 0.6) is 5.75 Å². The second-order valence-corrected chi connectivity index (χ2v) is 4.40. The molecule has 19 heavy (non-hydrogen) atoms. The summed E-state index contributed by atoms with van der Waals surface area (Å²) in [6, 6.07) is 12.2. The SMILES string of the molecule is Cc1cccc(NCC(C)Oc2ccccc2F)n1. The number of nitrogens with one attached hydrogen (secondary N) is 1. The normalized spacial score (nSPS) is 11.9. The van der Waals surface area contributed by atoms with Crippen molar-refractivity contribution in [3.63, 3.8) is 0 Å². The number of aromatic nitrogens is 1. The first kappa shape index (κ1) is 13.3. The van der Waals surface area contributed by atoms with Crippen molar-refractivity contribution in [1.29, 1.82) is 0 Å². The van der Waals surface area contributed by atoms with Crippen LogP contribution in [0.1, 0.15) is 12.6 Å². The van der Waals surface area contributed by atoms with E-state index in [9.17, 15) is 4.39 Å². The van der Waals surface area contributed by atoms with E-state index in [4.69, 9.17) is 4.74 Å². The first-order valence-corrected chi connectivity index (χ1v) is 6.24. The highest BCUT2D eigenvalue weighted by Crippen LogP contribution is 2.17. The lowest BCUT2D eigenvalue weighted by atomic mass is 10.3. The lowest BCUT2D eigenvalue weighted by molar-refractivity contribution is 0.224. The number of nitrogens with zero attached hydrogens (tertiary/aromatic N) is 1. The van der Waals surface area contributed by atoms with Crippen LogP contribution in [0, 0.1) is 12.7 Å². The largest absolute Gasteiger partial charge is 0.486 e. The summed E-state index contributed by atoms with van der Waals surface area (Å²) in [7, 11) is 0. The number of benzene rings is 1. The number of pyridine rings is 1. The molecule has 1 unspecified atom stereocenters. The standard InChI is InChI=1S/C15H17FN2O/c1-11-6-5-9-15(18-11)17-10-12(2)19-14-8-4-3-7-13(14)16/h3-9,12H,10H2,1-2H3,(H,17,18). The Labute approximate surface area is 112 Å². The molecule has 1 heterocycles. The number of hydrogen-bond donors (Lipinski definition) is 1. The first-order valence-electron chi connectivity index (χ1n) is 6.24. The molecule has 2 rings (SSSR count). The van der Waals surface area contributed by atoms with Crippen LogP contribution in [0.4, 0.5) is 10.2 Å². The van der Waals surface area contributed by atoms with E-state index in [1.807, 2.05) is 32.0 Å². The fourth-order valence-electron chi connectivity index (χ4n) is 1.69. The Morgan fingerprint density at radius 3 is 2.74 bits per heavy atom. The molecular weight excluding hydrogens is 243 g/mol. The smallest absolute Gasteiger partial charge is 0.165 e. The van der Waals surface area contributed by atoms with E-state index in [0.29, 0.717) is 6.54 Å². The molecule has 0 aliphatic heterocycles. The highest BCUT2D eigenvalue weighted by molar-refractivity contribution is 5.35. The molecule has 0 fully saturated rings. The molecule has 0 spiro atoms. The summed E-state index contributed by atoms with van der Waals surface area (Å²) in [5.41, 5.74) is 0.952. The van der Waals surface area contributed by atoms with E-state index >= 15 is 0 Å². The lowest BCUT2D eigenvalue weighted by Crippen LogP contribution is -2.23. The van der Waals surface area contributed by atoms with Gasteiger partial charge >= 0.3 is 0 Å². The summed E-state index contributed by atoms with van der Waals surface area (Å²) in [6.45, 7) is 4.38. The molecule has 2 aromatic rings. The molecule has 1 aromatic heterocycles. The topological polar surface area (TPSA) is 34.1 Å². The predicted molar refractivity (Wildman–Crippen MR) is 74.0 cm³/mol. The Kier molecular flexibility index (Phi) is 4.34. The van der Waals surface area contributed by atoms with Crippen LogP contribution in [-0.4, -0.2) is 17.6 Å². The van der Waals surface area contributed by atoms with Crippen LogP contribution in [0.25, 0.3) is 0 Å². The Balaban J connectivity index is 1.88. The number of hydrogen-bond acceptors (Lipinski definition) is 3. The minimum Gasteiger partial charge on any atom is -0.486 e. The van der Waals surface area contributed by atoms with Crippen LogP contribution in [0.2, 0.25) is 0 Å². The first-order chi connectivity index (χ1) is 9.15. The quantitative estimate of drug-likeness (QED) is 0.894. The number of para-hydroxylation sites is 1. The molecule has 0 amide bonds. The molecule has 4 heteroatoms. The van der Waals surface area contributed by atoms with Crippen LogP contribution in [0.15, 0.2) is 42.5 Å². The van der Waals surface area contributed by atoms with Crippen molar-refractivity contribution in [2.75, 3.05) is 11.9 Å². The van der Waals surface area contributed by atoms with Crippen molar-refractivity contribution >= 4 is 5.82 Å². The van der Waals surface area contributed by atoms with Gasteiger partial charge in [0.1, 0.15) is 11.9 Å². The lowest BCUT2D eigenvalue weighted by Gasteiger charge is -2.16. The van der Waals surface area contributed by atoms with Crippen molar-refractivity contribution in [3.8, 4) is 5.75 Å². The Morgan fingerprint density at radius 1 is 1.21 bits per heavy atom. The molecule has 0 aliphatic carbocycles. The zero-order chi connectivity index (χ0) is 13.7. The molecular formula is C15H17FN2O. The average Bonchev–Trinajstić information content (AvgIpc) is 2.39. The third-order valence-corrected chi connectivity index (χ3v) is 2.62. The Morgan fingerprint density at radius 2 is 2.00 bits per heavy atom. The van der Waals surface area contributed by atoms with Gasteiger partial charge in [-0.3, -0.25) is 0 Å². The number of aryl methyl sites for hydroxylation is 1. The Bertz CT molecular complexity index is 545. The third-order valence-electron chi connectivity index (χ3n) is 2.62. The molecule has 1 N–H and O–H groups in total. The summed E-state index contributed by atoms with van der Waals surface area (Å²) in [5.74, 6) is 0.723. The van der Waals surface area contributed by atoms with E-state index < -0.39 is 0 Å². The van der Waals surface area contributed by atoms with E-state index in [0.717, 1.165) is 11.5 Å². The third kappa shape index (κ3) is 3.95. The monoisotopic (exact) mass is 260 g/mol. The van der Waals surface area contributed by atoms with Crippen LogP contribution in [0.3, 0.4) is 0 Å². The molecule has 0 radical (unpaired) electrons. The predicted octanol–water partition coefficient (Wildman–Crippen LogP) is 3.41. The van der Waals surface area contributed by atoms with Crippen molar-refractivity contribution < 1.29 is 9.13 Å². The van der Waals surface area contributed by atoms with Gasteiger partial charge in [-0.25, -0.2) is 9.37 Å². The number of halogens is 1. The fourth-order valence-corrected chi connectivity index (χ4v) is 1.69. The molecule has 0 saturated carbocycles. The maximum atomic E-state index is 13.4. The van der Waals surface area contributed by atoms with E-state index in [1.165, 1.54) is 6.07 Å². The fraction of sp³-hybridized carbons (Fsp3) is 0.267. The zero-order valence-electron chi connectivity index (χ0n) is 11.1. The van der Waals surface area contributed by atoms with Gasteiger partial charge in [0, 0.05) is 5.69 Å². The number of anilines is 1. The van der Waals surface area contributed by atoms with Gasteiger partial charge in [-0.05, 0) is 38.1 Å². The number of rotatable bonds is 5. The highest BCUT2D eigenvalue weighted by Gasteiger charge is 2.07. The molecule has 1 atom stereocenters. The maximum Gasteiger partial charge on any atom is 0.165 e.